The Kier molecular flexibility index (Phi) is 7.89. The standard InChI is InChI=1S/C29H36N4O2/c34-27(20-22-10-7-11-22)30-26(24-12-5-2-6-13-24)16-19-33-17-14-25(15-18-33)29-31-28(35-32-29)21-23-8-3-1-4-9-23/h1-6,8-9,12-13,22,25-26H,7,10-11,14-21H2,(H,30,34). The molecule has 1 atom stereocenters. The first-order valence-corrected chi connectivity index (χ1v) is 13.2. The molecule has 0 bridgehead atoms. The number of hydrogen-bond acceptors (Lipinski definition) is 5. The average molecular weight is 473 g/mol. The van der Waals surface area contributed by atoms with Crippen molar-refractivity contribution in [2.75, 3.05) is 19.6 Å². The molecule has 2 aliphatic rings. The average Bonchev–Trinajstić information content (AvgIpc) is 3.34. The van der Waals surface area contributed by atoms with E-state index in [1.807, 2.05) is 24.3 Å². The van der Waals surface area contributed by atoms with Crippen LogP contribution in [0.15, 0.2) is 65.2 Å². The zero-order chi connectivity index (χ0) is 23.9. The number of likely N-dealkylation sites (tertiary alicyclic amines) is 1. The molecule has 0 spiro atoms. The Labute approximate surface area is 208 Å². The van der Waals surface area contributed by atoms with Crippen molar-refractivity contribution in [1.29, 1.82) is 0 Å². The van der Waals surface area contributed by atoms with Gasteiger partial charge in [0.15, 0.2) is 5.82 Å². The second-order valence-electron chi connectivity index (χ2n) is 10.1. The number of carbonyl (C=O) groups is 1. The van der Waals surface area contributed by atoms with Gasteiger partial charge >= 0.3 is 0 Å². The number of nitrogens with one attached hydrogen (secondary N) is 1. The van der Waals surface area contributed by atoms with Crippen LogP contribution in [0.2, 0.25) is 0 Å². The minimum atomic E-state index is 0.0688. The summed E-state index contributed by atoms with van der Waals surface area (Å²) in [5.41, 5.74) is 2.38. The van der Waals surface area contributed by atoms with Crippen LogP contribution in [0.25, 0.3) is 0 Å². The first kappa shape index (κ1) is 23.7. The summed E-state index contributed by atoms with van der Waals surface area (Å²) in [5.74, 6) is 2.68. The fraction of sp³-hybridized carbons (Fsp3) is 0.483. The van der Waals surface area contributed by atoms with Gasteiger partial charge in [0.1, 0.15) is 0 Å². The SMILES string of the molecule is O=C(CC1CCC1)NC(CCN1CCC(c2noc(Cc3ccccc3)n2)CC1)c1ccccc1. The molecule has 1 unspecified atom stereocenters. The molecule has 1 saturated carbocycles. The van der Waals surface area contributed by atoms with E-state index in [-0.39, 0.29) is 11.9 Å². The molecule has 0 radical (unpaired) electrons. The Hall–Kier alpha value is -2.99. The van der Waals surface area contributed by atoms with Gasteiger partial charge in [0, 0.05) is 18.9 Å². The molecule has 6 nitrogen and oxygen atoms in total. The van der Waals surface area contributed by atoms with Crippen molar-refractivity contribution in [1.82, 2.24) is 20.4 Å². The highest BCUT2D eigenvalue weighted by atomic mass is 16.5. The van der Waals surface area contributed by atoms with Gasteiger partial charge in [-0.3, -0.25) is 4.79 Å². The van der Waals surface area contributed by atoms with Gasteiger partial charge in [-0.25, -0.2) is 0 Å². The molecule has 1 aliphatic heterocycles. The van der Waals surface area contributed by atoms with Gasteiger partial charge < -0.3 is 14.7 Å². The second kappa shape index (κ2) is 11.6. The molecule has 2 aromatic carbocycles. The molecule has 1 N–H and O–H groups in total. The van der Waals surface area contributed by atoms with Crippen LogP contribution < -0.4 is 5.32 Å². The molecule has 2 fully saturated rings. The minimum Gasteiger partial charge on any atom is -0.349 e. The van der Waals surface area contributed by atoms with Crippen LogP contribution in [-0.2, 0) is 11.2 Å². The predicted octanol–water partition coefficient (Wildman–Crippen LogP) is 5.28. The predicted molar refractivity (Wildman–Crippen MR) is 136 cm³/mol. The van der Waals surface area contributed by atoms with E-state index in [0.29, 0.717) is 30.6 Å². The third kappa shape index (κ3) is 6.57. The zero-order valence-electron chi connectivity index (χ0n) is 20.4. The fourth-order valence-electron chi connectivity index (χ4n) is 5.22. The molecule has 1 aliphatic carbocycles. The van der Waals surface area contributed by atoms with Crippen LogP contribution in [0, 0.1) is 5.92 Å². The molecule has 5 rings (SSSR count). The topological polar surface area (TPSA) is 71.3 Å². The van der Waals surface area contributed by atoms with Crippen molar-refractivity contribution < 1.29 is 9.32 Å². The molecule has 2 heterocycles. The van der Waals surface area contributed by atoms with Gasteiger partial charge in [0.05, 0.1) is 12.5 Å². The van der Waals surface area contributed by atoms with Crippen molar-refractivity contribution in [3.63, 3.8) is 0 Å². The Bertz CT molecular complexity index is 1060. The lowest BCUT2D eigenvalue weighted by Crippen LogP contribution is -2.37. The minimum absolute atomic E-state index is 0.0688. The van der Waals surface area contributed by atoms with Crippen LogP contribution in [-0.4, -0.2) is 40.6 Å². The summed E-state index contributed by atoms with van der Waals surface area (Å²) >= 11 is 0. The summed E-state index contributed by atoms with van der Waals surface area (Å²) in [4.78, 5) is 19.9. The maximum Gasteiger partial charge on any atom is 0.231 e. The van der Waals surface area contributed by atoms with Crippen LogP contribution >= 0.6 is 0 Å². The van der Waals surface area contributed by atoms with Gasteiger partial charge in [-0.15, -0.1) is 0 Å². The number of piperidine rings is 1. The molecule has 1 amide bonds. The molecule has 3 aromatic rings. The summed E-state index contributed by atoms with van der Waals surface area (Å²) in [6, 6.07) is 20.7. The monoisotopic (exact) mass is 472 g/mol. The number of amides is 1. The Morgan fingerprint density at radius 2 is 1.71 bits per heavy atom. The van der Waals surface area contributed by atoms with Crippen molar-refractivity contribution in [3.05, 3.63) is 83.5 Å². The maximum atomic E-state index is 12.7. The maximum absolute atomic E-state index is 12.7. The number of carbonyl (C=O) groups excluding carboxylic acids is 1. The lowest BCUT2D eigenvalue weighted by atomic mass is 9.83. The normalized spacial score (nSPS) is 18.2. The molecule has 6 heteroatoms. The van der Waals surface area contributed by atoms with Crippen LogP contribution in [0.4, 0.5) is 0 Å². The molecule has 35 heavy (non-hydrogen) atoms. The summed E-state index contributed by atoms with van der Waals surface area (Å²) in [7, 11) is 0. The molecular formula is C29H36N4O2. The lowest BCUT2D eigenvalue weighted by molar-refractivity contribution is -0.123. The van der Waals surface area contributed by atoms with E-state index in [0.717, 1.165) is 44.7 Å². The summed E-state index contributed by atoms with van der Waals surface area (Å²) in [5, 5.41) is 7.62. The highest BCUT2D eigenvalue weighted by Crippen LogP contribution is 2.30. The third-order valence-electron chi connectivity index (χ3n) is 7.60. The molecule has 1 saturated heterocycles. The second-order valence-corrected chi connectivity index (χ2v) is 10.1. The van der Waals surface area contributed by atoms with E-state index in [1.54, 1.807) is 0 Å². The first-order valence-electron chi connectivity index (χ1n) is 13.2. The van der Waals surface area contributed by atoms with E-state index in [9.17, 15) is 4.79 Å². The number of aromatic nitrogens is 2. The van der Waals surface area contributed by atoms with Gasteiger partial charge in [0.2, 0.25) is 11.8 Å². The highest BCUT2D eigenvalue weighted by Gasteiger charge is 2.26. The number of hydrogen-bond donors (Lipinski definition) is 1. The van der Waals surface area contributed by atoms with E-state index < -0.39 is 0 Å². The van der Waals surface area contributed by atoms with E-state index in [2.05, 4.69) is 51.8 Å². The number of rotatable bonds is 10. The fourth-order valence-corrected chi connectivity index (χ4v) is 5.22. The van der Waals surface area contributed by atoms with Crippen molar-refractivity contribution >= 4 is 5.91 Å². The van der Waals surface area contributed by atoms with Crippen LogP contribution in [0.3, 0.4) is 0 Å². The van der Waals surface area contributed by atoms with E-state index >= 15 is 0 Å². The third-order valence-corrected chi connectivity index (χ3v) is 7.60. The Morgan fingerprint density at radius 3 is 2.40 bits per heavy atom. The number of nitrogens with zero attached hydrogens (tertiary/aromatic N) is 3. The summed E-state index contributed by atoms with van der Waals surface area (Å²) in [6.45, 7) is 3.01. The largest absolute Gasteiger partial charge is 0.349 e. The molecule has 1 aromatic heterocycles. The van der Waals surface area contributed by atoms with E-state index in [4.69, 9.17) is 9.51 Å². The van der Waals surface area contributed by atoms with Gasteiger partial charge in [0.25, 0.3) is 0 Å². The van der Waals surface area contributed by atoms with Gasteiger partial charge in [-0.2, -0.15) is 4.98 Å². The quantitative estimate of drug-likeness (QED) is 0.435. The van der Waals surface area contributed by atoms with Crippen LogP contribution in [0.1, 0.15) is 79.7 Å². The van der Waals surface area contributed by atoms with E-state index in [1.165, 1.54) is 30.4 Å². The van der Waals surface area contributed by atoms with Gasteiger partial charge in [-0.05, 0) is 62.2 Å². The van der Waals surface area contributed by atoms with Crippen LogP contribution in [0.5, 0.6) is 0 Å². The summed E-state index contributed by atoms with van der Waals surface area (Å²) < 4.78 is 5.54. The Balaban J connectivity index is 1.11. The smallest absolute Gasteiger partial charge is 0.231 e. The summed E-state index contributed by atoms with van der Waals surface area (Å²) in [6.07, 6.45) is 8.02. The van der Waals surface area contributed by atoms with Crippen molar-refractivity contribution in [2.24, 2.45) is 5.92 Å². The number of benzene rings is 2. The van der Waals surface area contributed by atoms with Crippen molar-refractivity contribution in [3.8, 4) is 0 Å². The lowest BCUT2D eigenvalue weighted by Gasteiger charge is -2.32. The highest BCUT2D eigenvalue weighted by molar-refractivity contribution is 5.76. The first-order chi connectivity index (χ1) is 17.2. The molecule has 184 valence electrons. The molecular weight excluding hydrogens is 436 g/mol. The Morgan fingerprint density at radius 1 is 1.00 bits per heavy atom. The van der Waals surface area contributed by atoms with Gasteiger partial charge in [-0.1, -0.05) is 72.2 Å². The zero-order valence-corrected chi connectivity index (χ0v) is 20.4. The van der Waals surface area contributed by atoms with Crippen molar-refractivity contribution in [2.45, 2.75) is 63.3 Å².